The van der Waals surface area contributed by atoms with Crippen molar-refractivity contribution < 1.29 is 9.18 Å². The fourth-order valence-corrected chi connectivity index (χ4v) is 2.20. The van der Waals surface area contributed by atoms with Crippen LogP contribution in [0.1, 0.15) is 29.3 Å². The minimum atomic E-state index is -0.473. The molecule has 2 rings (SSSR count). The minimum absolute atomic E-state index is 0.110. The largest absolute Gasteiger partial charge is 0.338 e. The number of hydrogen-bond acceptors (Lipinski definition) is 2. The second-order valence-corrected chi connectivity index (χ2v) is 4.85. The van der Waals surface area contributed by atoms with Gasteiger partial charge in [0.25, 0.3) is 5.91 Å². The highest BCUT2D eigenvalue weighted by atomic mass is 19.1. The Morgan fingerprint density at radius 2 is 2.37 bits per heavy atom. The Morgan fingerprint density at radius 3 is 2.95 bits per heavy atom. The quantitative estimate of drug-likeness (QED) is 0.780. The minimum Gasteiger partial charge on any atom is -0.338 e. The molecule has 1 unspecified atom stereocenters. The van der Waals surface area contributed by atoms with Crippen LogP contribution in [0.5, 0.6) is 0 Å². The van der Waals surface area contributed by atoms with E-state index in [1.807, 2.05) is 0 Å². The highest BCUT2D eigenvalue weighted by Crippen LogP contribution is 2.19. The predicted octanol–water partition coefficient (Wildman–Crippen LogP) is 1.62. The lowest BCUT2D eigenvalue weighted by molar-refractivity contribution is 0.0787. The second kappa shape index (κ2) is 5.85. The molecule has 1 aliphatic rings. The number of carbonyl (C=O) groups excluding carboxylic acids is 1. The van der Waals surface area contributed by atoms with Gasteiger partial charge in [0.1, 0.15) is 5.82 Å². The lowest BCUT2D eigenvalue weighted by Crippen LogP contribution is -2.28. The molecule has 19 heavy (non-hydrogen) atoms. The highest BCUT2D eigenvalue weighted by Gasteiger charge is 2.24. The van der Waals surface area contributed by atoms with Gasteiger partial charge in [-0.05, 0) is 30.5 Å². The van der Waals surface area contributed by atoms with Crippen molar-refractivity contribution in [3.8, 4) is 11.8 Å². The Kier molecular flexibility index (Phi) is 4.18. The molecule has 1 aromatic rings. The first-order valence-electron chi connectivity index (χ1n) is 6.39. The van der Waals surface area contributed by atoms with E-state index in [-0.39, 0.29) is 18.0 Å². The van der Waals surface area contributed by atoms with E-state index in [1.165, 1.54) is 12.1 Å². The van der Waals surface area contributed by atoms with Crippen LogP contribution in [0.2, 0.25) is 0 Å². The topological polar surface area (TPSA) is 46.3 Å². The van der Waals surface area contributed by atoms with E-state index in [2.05, 4.69) is 18.8 Å². The van der Waals surface area contributed by atoms with Crippen LogP contribution in [0.25, 0.3) is 0 Å². The first kappa shape index (κ1) is 13.6. The molecule has 3 nitrogen and oxygen atoms in total. The standard InChI is InChI=1S/C15H17FN2O/c1-11-6-8-18(10-11)15(19)13-5-4-12(3-2-7-17)14(16)9-13/h4-5,9,11H,6-8,10,17H2,1H3. The van der Waals surface area contributed by atoms with Gasteiger partial charge < -0.3 is 10.6 Å². The molecular formula is C15H17FN2O. The van der Waals surface area contributed by atoms with E-state index in [9.17, 15) is 9.18 Å². The summed E-state index contributed by atoms with van der Waals surface area (Å²) in [5, 5.41) is 0. The zero-order chi connectivity index (χ0) is 13.8. The third-order valence-electron chi connectivity index (χ3n) is 3.25. The summed E-state index contributed by atoms with van der Waals surface area (Å²) in [5.74, 6) is 5.17. The summed E-state index contributed by atoms with van der Waals surface area (Å²) in [6.07, 6.45) is 1.01. The van der Waals surface area contributed by atoms with Gasteiger partial charge in [0.2, 0.25) is 0 Å². The van der Waals surface area contributed by atoms with Gasteiger partial charge in [-0.15, -0.1) is 0 Å². The third-order valence-corrected chi connectivity index (χ3v) is 3.25. The summed E-state index contributed by atoms with van der Waals surface area (Å²) >= 11 is 0. The van der Waals surface area contributed by atoms with Crippen LogP contribution >= 0.6 is 0 Å². The number of nitrogens with zero attached hydrogens (tertiary/aromatic N) is 1. The maximum absolute atomic E-state index is 13.8. The van der Waals surface area contributed by atoms with E-state index in [0.717, 1.165) is 19.5 Å². The van der Waals surface area contributed by atoms with Gasteiger partial charge in [0, 0.05) is 18.7 Å². The normalized spacial score (nSPS) is 18.1. The van der Waals surface area contributed by atoms with Crippen LogP contribution in [0.3, 0.4) is 0 Å². The summed E-state index contributed by atoms with van der Waals surface area (Å²) in [6.45, 7) is 3.79. The van der Waals surface area contributed by atoms with Crippen molar-refractivity contribution in [2.24, 2.45) is 11.7 Å². The average Bonchev–Trinajstić information content (AvgIpc) is 2.83. The van der Waals surface area contributed by atoms with Crippen LogP contribution in [0.15, 0.2) is 18.2 Å². The van der Waals surface area contributed by atoms with E-state index in [4.69, 9.17) is 5.73 Å². The van der Waals surface area contributed by atoms with Gasteiger partial charge in [-0.3, -0.25) is 4.79 Å². The van der Waals surface area contributed by atoms with Crippen molar-refractivity contribution in [3.05, 3.63) is 35.1 Å². The van der Waals surface area contributed by atoms with Crippen LogP contribution < -0.4 is 5.73 Å². The van der Waals surface area contributed by atoms with Gasteiger partial charge in [-0.1, -0.05) is 18.8 Å². The number of carbonyl (C=O) groups is 1. The molecule has 0 bridgehead atoms. The Labute approximate surface area is 112 Å². The molecule has 0 saturated carbocycles. The summed E-state index contributed by atoms with van der Waals surface area (Å²) in [5.41, 5.74) is 5.90. The fourth-order valence-electron chi connectivity index (χ4n) is 2.20. The molecule has 0 aliphatic carbocycles. The molecule has 0 aromatic heterocycles. The smallest absolute Gasteiger partial charge is 0.253 e. The van der Waals surface area contributed by atoms with Crippen LogP contribution in [-0.2, 0) is 0 Å². The molecule has 2 N–H and O–H groups in total. The van der Waals surface area contributed by atoms with Gasteiger partial charge in [-0.2, -0.15) is 0 Å². The van der Waals surface area contributed by atoms with Gasteiger partial charge in [0.05, 0.1) is 12.1 Å². The number of hydrogen-bond donors (Lipinski definition) is 1. The van der Waals surface area contributed by atoms with Crippen molar-refractivity contribution in [2.75, 3.05) is 19.6 Å². The number of rotatable bonds is 1. The van der Waals surface area contributed by atoms with Crippen molar-refractivity contribution in [1.82, 2.24) is 4.90 Å². The summed E-state index contributed by atoms with van der Waals surface area (Å²) in [6, 6.07) is 4.41. The molecule has 4 heteroatoms. The average molecular weight is 260 g/mol. The third kappa shape index (κ3) is 3.12. The Balaban J connectivity index is 2.17. The lowest BCUT2D eigenvalue weighted by Gasteiger charge is -2.16. The first-order valence-corrected chi connectivity index (χ1v) is 6.39. The predicted molar refractivity (Wildman–Crippen MR) is 72.0 cm³/mol. The second-order valence-electron chi connectivity index (χ2n) is 4.85. The first-order chi connectivity index (χ1) is 9.11. The van der Waals surface area contributed by atoms with E-state index in [1.54, 1.807) is 11.0 Å². The summed E-state index contributed by atoms with van der Waals surface area (Å²) in [4.78, 5) is 13.9. The summed E-state index contributed by atoms with van der Waals surface area (Å²) in [7, 11) is 0. The van der Waals surface area contributed by atoms with Crippen molar-refractivity contribution >= 4 is 5.91 Å². The zero-order valence-corrected chi connectivity index (χ0v) is 10.9. The van der Waals surface area contributed by atoms with Crippen LogP contribution in [0, 0.1) is 23.6 Å². The Morgan fingerprint density at radius 1 is 1.58 bits per heavy atom. The molecule has 1 heterocycles. The number of nitrogens with two attached hydrogens (primary N) is 1. The van der Waals surface area contributed by atoms with Gasteiger partial charge >= 0.3 is 0 Å². The van der Waals surface area contributed by atoms with Crippen LogP contribution in [-0.4, -0.2) is 30.4 Å². The number of benzene rings is 1. The monoisotopic (exact) mass is 260 g/mol. The Hall–Kier alpha value is -1.86. The molecule has 1 aromatic carbocycles. The van der Waals surface area contributed by atoms with Crippen molar-refractivity contribution in [2.45, 2.75) is 13.3 Å². The van der Waals surface area contributed by atoms with Crippen LogP contribution in [0.4, 0.5) is 4.39 Å². The van der Waals surface area contributed by atoms with Gasteiger partial charge in [-0.25, -0.2) is 4.39 Å². The molecule has 1 fully saturated rings. The molecule has 1 amide bonds. The molecule has 1 saturated heterocycles. The van der Waals surface area contributed by atoms with Crippen molar-refractivity contribution in [1.29, 1.82) is 0 Å². The number of likely N-dealkylation sites (tertiary alicyclic amines) is 1. The highest BCUT2D eigenvalue weighted by molar-refractivity contribution is 5.94. The summed E-state index contributed by atoms with van der Waals surface area (Å²) < 4.78 is 13.8. The zero-order valence-electron chi connectivity index (χ0n) is 10.9. The fraction of sp³-hybridized carbons (Fsp3) is 0.400. The maximum Gasteiger partial charge on any atom is 0.253 e. The molecular weight excluding hydrogens is 243 g/mol. The van der Waals surface area contributed by atoms with E-state index in [0.29, 0.717) is 11.5 Å². The lowest BCUT2D eigenvalue weighted by atomic mass is 10.1. The Bertz CT molecular complexity index is 545. The van der Waals surface area contributed by atoms with E-state index < -0.39 is 5.82 Å². The molecule has 1 aliphatic heterocycles. The molecule has 100 valence electrons. The van der Waals surface area contributed by atoms with E-state index >= 15 is 0 Å². The van der Waals surface area contributed by atoms with Crippen molar-refractivity contribution in [3.63, 3.8) is 0 Å². The maximum atomic E-state index is 13.8. The molecule has 0 spiro atoms. The number of amides is 1. The molecule has 0 radical (unpaired) electrons. The van der Waals surface area contributed by atoms with Gasteiger partial charge in [0.15, 0.2) is 0 Å². The SMILES string of the molecule is CC1CCN(C(=O)c2ccc(C#CCN)c(F)c2)C1. The number of halogens is 1. The molecule has 1 atom stereocenters.